The standard InChI is InChI=1S/C4H10.C3H8.10C2H6.2C2H4.H3N/c1-3-4-2;1-3-2;12*1-2;/h3-4H2,1-2H3;3H2,1-2H3;10*1-2H3;2*1-2H2;1H3. The second-order valence-corrected chi connectivity index (χ2v) is 1.71. The van der Waals surface area contributed by atoms with Crippen molar-refractivity contribution in [3.8, 4) is 0 Å². The molecule has 1 heteroatoms. The van der Waals surface area contributed by atoms with E-state index in [1.165, 1.54) is 19.3 Å². The largest absolute Gasteiger partial charge is 0.344 e. The molecule has 0 bridgehead atoms. The molecule has 0 aliphatic rings. The van der Waals surface area contributed by atoms with Crippen molar-refractivity contribution in [2.45, 2.75) is 185 Å². The third kappa shape index (κ3) is 123000. The molecule has 0 unspecified atom stereocenters. The lowest BCUT2D eigenvalue weighted by Crippen LogP contribution is -1.47. The molecule has 0 radical (unpaired) electrons. The first-order chi connectivity index (χ1) is 15.3. The van der Waals surface area contributed by atoms with Crippen LogP contribution in [0.4, 0.5) is 0 Å². The predicted octanol–water partition coefficient (Wildman–Crippen LogP) is 15.3. The van der Waals surface area contributed by atoms with Gasteiger partial charge in [0.2, 0.25) is 0 Å². The first-order valence-corrected chi connectivity index (χ1v) is 14.3. The van der Waals surface area contributed by atoms with E-state index in [0.29, 0.717) is 0 Å². The molecule has 0 aliphatic heterocycles. The molecule has 0 saturated carbocycles. The summed E-state index contributed by atoms with van der Waals surface area (Å²) in [5, 5.41) is 0. The fourth-order valence-electron chi connectivity index (χ4n) is 0. The van der Waals surface area contributed by atoms with Gasteiger partial charge in [-0.25, -0.2) is 0 Å². The minimum atomic E-state index is 0. The molecular weight excluding hydrogens is 386 g/mol. The van der Waals surface area contributed by atoms with Crippen molar-refractivity contribution < 1.29 is 0 Å². The second kappa shape index (κ2) is 4430. The van der Waals surface area contributed by atoms with Gasteiger partial charge in [-0.3, -0.25) is 0 Å². The molecule has 0 fully saturated rings. The van der Waals surface area contributed by atoms with E-state index in [1.807, 2.05) is 138 Å². The van der Waals surface area contributed by atoms with Gasteiger partial charge >= 0.3 is 0 Å². The van der Waals surface area contributed by atoms with Gasteiger partial charge in [0.25, 0.3) is 0 Å². The van der Waals surface area contributed by atoms with Gasteiger partial charge in [-0.2, -0.15) is 0 Å². The maximum atomic E-state index is 3.00. The van der Waals surface area contributed by atoms with Gasteiger partial charge < -0.3 is 6.15 Å². The molecule has 0 aromatic rings. The first kappa shape index (κ1) is 108. The van der Waals surface area contributed by atoms with Gasteiger partial charge in [0.15, 0.2) is 0 Å². The highest BCUT2D eigenvalue weighted by Crippen LogP contribution is 1.76. The van der Waals surface area contributed by atoms with Crippen LogP contribution in [-0.2, 0) is 0 Å². The van der Waals surface area contributed by atoms with E-state index >= 15 is 0 Å². The fraction of sp³-hybridized carbons (Fsp3) is 0.871. The Bertz CT molecular complexity index is 25.6. The predicted molar refractivity (Wildman–Crippen MR) is 178 cm³/mol. The van der Waals surface area contributed by atoms with Crippen LogP contribution in [0, 0.1) is 0 Å². The smallest absolute Gasteiger partial charge is 0.0564 e. The molecule has 1 nitrogen and oxygen atoms in total. The summed E-state index contributed by atoms with van der Waals surface area (Å²) < 4.78 is 0. The van der Waals surface area contributed by atoms with Crippen molar-refractivity contribution in [1.29, 1.82) is 0 Å². The molecule has 218 valence electrons. The molecule has 0 aromatic carbocycles. The van der Waals surface area contributed by atoms with Crippen LogP contribution in [0.3, 0.4) is 0 Å². The Kier molecular flexibility index (Phi) is 14900. The Hall–Kier alpha value is -0.560. The number of hydrogen-bond donors (Lipinski definition) is 1. The minimum absolute atomic E-state index is 0. The van der Waals surface area contributed by atoms with Crippen molar-refractivity contribution in [3.05, 3.63) is 26.3 Å². The molecule has 0 aromatic heterocycles. The van der Waals surface area contributed by atoms with E-state index in [9.17, 15) is 0 Å². The fourth-order valence-corrected chi connectivity index (χ4v) is 0. The van der Waals surface area contributed by atoms with Crippen molar-refractivity contribution >= 4 is 0 Å². The van der Waals surface area contributed by atoms with Crippen LogP contribution in [0.5, 0.6) is 0 Å². The summed E-state index contributed by atoms with van der Waals surface area (Å²) in [5.41, 5.74) is 0. The molecule has 0 atom stereocenters. The van der Waals surface area contributed by atoms with Gasteiger partial charge in [-0.15, -0.1) is 26.3 Å². The summed E-state index contributed by atoms with van der Waals surface area (Å²) in [6.07, 6.45) is 3.89. The van der Waals surface area contributed by atoms with Crippen LogP contribution in [0.25, 0.3) is 0 Å². The highest BCUT2D eigenvalue weighted by Gasteiger charge is 1.56. The molecular formula is C31H89N. The lowest BCUT2D eigenvalue weighted by Gasteiger charge is -1.68. The average Bonchev–Trinajstić information content (AvgIpc) is 2.97. The van der Waals surface area contributed by atoms with Crippen molar-refractivity contribution in [2.75, 3.05) is 0 Å². The summed E-state index contributed by atoms with van der Waals surface area (Å²) in [7, 11) is 0. The number of hydrogen-bond acceptors (Lipinski definition) is 1. The summed E-state index contributed by atoms with van der Waals surface area (Å²) in [5.74, 6) is 0. The topological polar surface area (TPSA) is 35.0 Å². The quantitative estimate of drug-likeness (QED) is 0.376. The van der Waals surface area contributed by atoms with Crippen LogP contribution >= 0.6 is 0 Å². The van der Waals surface area contributed by atoms with E-state index in [0.717, 1.165) is 0 Å². The highest BCUT2D eigenvalue weighted by atomic mass is 14.0. The van der Waals surface area contributed by atoms with E-state index in [4.69, 9.17) is 0 Å². The minimum Gasteiger partial charge on any atom is -0.344 e. The second-order valence-electron chi connectivity index (χ2n) is 1.71. The van der Waals surface area contributed by atoms with Crippen molar-refractivity contribution in [3.63, 3.8) is 0 Å². The number of rotatable bonds is 1. The van der Waals surface area contributed by atoms with Gasteiger partial charge in [0.05, 0.1) is 0 Å². The molecule has 32 heavy (non-hydrogen) atoms. The van der Waals surface area contributed by atoms with Crippen LogP contribution in [0.2, 0.25) is 0 Å². The van der Waals surface area contributed by atoms with Gasteiger partial charge in [-0.1, -0.05) is 185 Å². The lowest BCUT2D eigenvalue weighted by molar-refractivity contribution is 0.886. The average molecular weight is 476 g/mol. The third-order valence-corrected chi connectivity index (χ3v) is 0.500. The monoisotopic (exact) mass is 476 g/mol. The van der Waals surface area contributed by atoms with Crippen LogP contribution in [0.15, 0.2) is 26.3 Å². The molecule has 0 spiro atoms. The SMILES string of the molecule is C=C.C=C.CC.CC.CC.CC.CC.CC.CC.CC.CC.CC.CCC.CCCC.N. The molecule has 0 amide bonds. The normalized spacial score (nSPS) is 3.62. The Morgan fingerprint density at radius 3 is 0.312 bits per heavy atom. The summed E-state index contributed by atoms with van der Waals surface area (Å²) in [6, 6.07) is 0. The molecule has 3 N–H and O–H groups in total. The number of unbranched alkanes of at least 4 members (excludes halogenated alkanes) is 1. The first-order valence-electron chi connectivity index (χ1n) is 14.3. The zero-order valence-corrected chi connectivity index (χ0v) is 29.7. The molecule has 0 aliphatic carbocycles. The molecule has 0 saturated heterocycles. The third-order valence-electron chi connectivity index (χ3n) is 0.500. The van der Waals surface area contributed by atoms with Gasteiger partial charge in [-0.05, 0) is 0 Å². The Labute approximate surface area is 218 Å². The van der Waals surface area contributed by atoms with Crippen LogP contribution in [-0.4, -0.2) is 0 Å². The van der Waals surface area contributed by atoms with Crippen molar-refractivity contribution in [2.24, 2.45) is 0 Å². The van der Waals surface area contributed by atoms with E-state index in [1.54, 1.807) is 0 Å². The maximum absolute atomic E-state index is 3.00. The van der Waals surface area contributed by atoms with E-state index in [-0.39, 0.29) is 6.15 Å². The zero-order chi connectivity index (χ0) is 30.1. The van der Waals surface area contributed by atoms with Crippen LogP contribution < -0.4 is 6.15 Å². The van der Waals surface area contributed by atoms with Crippen LogP contribution in [0.1, 0.15) is 185 Å². The zero-order valence-electron chi connectivity index (χ0n) is 29.7. The Balaban J connectivity index is -0.00000000753. The summed E-state index contributed by atoms with van der Waals surface area (Å²) >= 11 is 0. The van der Waals surface area contributed by atoms with E-state index in [2.05, 4.69) is 54.0 Å². The maximum Gasteiger partial charge on any atom is -0.0564 e. The lowest BCUT2D eigenvalue weighted by atomic mass is 10.4. The molecule has 0 heterocycles. The van der Waals surface area contributed by atoms with Crippen molar-refractivity contribution in [1.82, 2.24) is 6.15 Å². The summed E-state index contributed by atoms with van der Waals surface area (Å²) in [6.45, 7) is 60.6. The Morgan fingerprint density at radius 1 is 0.281 bits per heavy atom. The molecule has 0 rings (SSSR count). The van der Waals surface area contributed by atoms with Gasteiger partial charge in [0, 0.05) is 0 Å². The van der Waals surface area contributed by atoms with Gasteiger partial charge in [0.1, 0.15) is 0 Å². The summed E-state index contributed by atoms with van der Waals surface area (Å²) in [4.78, 5) is 0. The highest BCUT2D eigenvalue weighted by molar-refractivity contribution is 4.22. The van der Waals surface area contributed by atoms with E-state index < -0.39 is 0 Å². The Morgan fingerprint density at radius 2 is 0.312 bits per heavy atom.